The molecule has 2 nitrogen and oxygen atoms in total. The van der Waals surface area contributed by atoms with Gasteiger partial charge in [-0.15, -0.1) is 0 Å². The van der Waals surface area contributed by atoms with Crippen LogP contribution in [0.4, 0.5) is 0 Å². The topological polar surface area (TPSA) is 36.7 Å². The maximum absolute atomic E-state index is 8.41. The summed E-state index contributed by atoms with van der Waals surface area (Å²) in [5, 5.41) is 9.01. The fourth-order valence-electron chi connectivity index (χ4n) is 0.501. The zero-order valence-electron chi connectivity index (χ0n) is 4.81. The Bertz CT molecular complexity index is 290. The van der Waals surface area contributed by atoms with Crippen LogP contribution in [0.1, 0.15) is 5.56 Å². The molecule has 1 heterocycles. The SMILES string of the molecule is N#Cc1cc(Cl)cnc1Cl. The summed E-state index contributed by atoms with van der Waals surface area (Å²) in [6.45, 7) is 0. The summed E-state index contributed by atoms with van der Waals surface area (Å²) >= 11 is 11.0. The first-order valence-corrected chi connectivity index (χ1v) is 3.21. The van der Waals surface area contributed by atoms with Crippen LogP contribution < -0.4 is 0 Å². The van der Waals surface area contributed by atoms with Crippen molar-refractivity contribution in [2.24, 2.45) is 0 Å². The van der Waals surface area contributed by atoms with Gasteiger partial charge < -0.3 is 0 Å². The number of nitriles is 1. The summed E-state index contributed by atoms with van der Waals surface area (Å²) in [6, 6.07) is 3.33. The number of hydrogen-bond acceptors (Lipinski definition) is 2. The summed E-state index contributed by atoms with van der Waals surface area (Å²) in [4.78, 5) is 3.66. The molecule has 0 bridgehead atoms. The third-order valence-electron chi connectivity index (χ3n) is 0.926. The highest BCUT2D eigenvalue weighted by Crippen LogP contribution is 2.15. The highest BCUT2D eigenvalue weighted by molar-refractivity contribution is 6.32. The van der Waals surface area contributed by atoms with Crippen LogP contribution >= 0.6 is 23.2 Å². The molecule has 0 aliphatic heterocycles. The molecule has 0 aromatic carbocycles. The van der Waals surface area contributed by atoms with Gasteiger partial charge in [0.1, 0.15) is 11.2 Å². The molecule has 0 N–H and O–H groups in total. The Morgan fingerprint density at radius 3 is 2.70 bits per heavy atom. The van der Waals surface area contributed by atoms with Gasteiger partial charge in [-0.2, -0.15) is 5.26 Å². The fraction of sp³-hybridized carbons (Fsp3) is 0. The van der Waals surface area contributed by atoms with Gasteiger partial charge in [-0.25, -0.2) is 4.98 Å². The molecular weight excluding hydrogens is 171 g/mol. The van der Waals surface area contributed by atoms with Crippen LogP contribution in [-0.2, 0) is 0 Å². The average molecular weight is 173 g/mol. The minimum Gasteiger partial charge on any atom is -0.242 e. The lowest BCUT2D eigenvalue weighted by atomic mass is 10.3. The van der Waals surface area contributed by atoms with E-state index >= 15 is 0 Å². The van der Waals surface area contributed by atoms with E-state index in [4.69, 9.17) is 28.5 Å². The molecule has 1 rings (SSSR count). The molecule has 0 amide bonds. The summed E-state index contributed by atoms with van der Waals surface area (Å²) in [6.07, 6.45) is 1.39. The average Bonchev–Trinajstić information content (AvgIpc) is 1.94. The molecule has 0 fully saturated rings. The molecule has 0 aliphatic rings. The first-order valence-electron chi connectivity index (χ1n) is 2.45. The fourth-order valence-corrected chi connectivity index (χ4v) is 0.805. The normalized spacial score (nSPS) is 8.90. The molecule has 0 spiro atoms. The largest absolute Gasteiger partial charge is 0.242 e. The van der Waals surface area contributed by atoms with E-state index in [-0.39, 0.29) is 5.15 Å². The minimum atomic E-state index is 0.187. The number of aromatic nitrogens is 1. The van der Waals surface area contributed by atoms with Crippen molar-refractivity contribution in [1.82, 2.24) is 4.98 Å². The molecule has 50 valence electrons. The third-order valence-corrected chi connectivity index (χ3v) is 1.43. The third kappa shape index (κ3) is 1.38. The van der Waals surface area contributed by atoms with E-state index in [0.717, 1.165) is 0 Å². The Balaban J connectivity index is 3.25. The monoisotopic (exact) mass is 172 g/mol. The Morgan fingerprint density at radius 1 is 1.50 bits per heavy atom. The highest BCUT2D eigenvalue weighted by atomic mass is 35.5. The standard InChI is InChI=1S/C6H2Cl2N2/c7-5-1-4(2-9)6(8)10-3-5/h1,3H. The smallest absolute Gasteiger partial charge is 0.146 e. The number of pyridine rings is 1. The van der Waals surface area contributed by atoms with E-state index in [1.165, 1.54) is 12.3 Å². The van der Waals surface area contributed by atoms with Crippen molar-refractivity contribution in [2.45, 2.75) is 0 Å². The number of nitrogens with zero attached hydrogens (tertiary/aromatic N) is 2. The first kappa shape index (κ1) is 7.33. The van der Waals surface area contributed by atoms with Crippen LogP contribution in [0.5, 0.6) is 0 Å². The highest BCUT2D eigenvalue weighted by Gasteiger charge is 1.99. The molecule has 0 aliphatic carbocycles. The van der Waals surface area contributed by atoms with E-state index in [0.29, 0.717) is 10.6 Å². The lowest BCUT2D eigenvalue weighted by Gasteiger charge is -1.91. The molecular formula is C6H2Cl2N2. The van der Waals surface area contributed by atoms with Crippen molar-refractivity contribution in [2.75, 3.05) is 0 Å². The Labute approximate surface area is 68.0 Å². The van der Waals surface area contributed by atoms with Gasteiger partial charge in [-0.3, -0.25) is 0 Å². The van der Waals surface area contributed by atoms with Crippen LogP contribution in [0.2, 0.25) is 10.2 Å². The van der Waals surface area contributed by atoms with Crippen LogP contribution in [0.25, 0.3) is 0 Å². The van der Waals surface area contributed by atoms with E-state index in [1.54, 1.807) is 0 Å². The summed E-state index contributed by atoms with van der Waals surface area (Å²) < 4.78 is 0. The van der Waals surface area contributed by atoms with Gasteiger partial charge in [0.2, 0.25) is 0 Å². The van der Waals surface area contributed by atoms with Crippen molar-refractivity contribution < 1.29 is 0 Å². The number of hydrogen-bond donors (Lipinski definition) is 0. The zero-order valence-corrected chi connectivity index (χ0v) is 6.32. The summed E-state index contributed by atoms with van der Waals surface area (Å²) in [5.74, 6) is 0. The molecule has 0 saturated heterocycles. The molecule has 1 aromatic rings. The van der Waals surface area contributed by atoms with Gasteiger partial charge in [0, 0.05) is 6.20 Å². The van der Waals surface area contributed by atoms with Crippen LogP contribution in [0, 0.1) is 11.3 Å². The predicted octanol–water partition coefficient (Wildman–Crippen LogP) is 2.26. The van der Waals surface area contributed by atoms with Gasteiger partial charge in [0.25, 0.3) is 0 Å². The van der Waals surface area contributed by atoms with Crippen LogP contribution in [0.15, 0.2) is 12.3 Å². The van der Waals surface area contributed by atoms with E-state index in [9.17, 15) is 0 Å². The molecule has 4 heteroatoms. The summed E-state index contributed by atoms with van der Waals surface area (Å²) in [5.41, 5.74) is 0.300. The Morgan fingerprint density at radius 2 is 2.20 bits per heavy atom. The van der Waals surface area contributed by atoms with Crippen molar-refractivity contribution in [3.63, 3.8) is 0 Å². The van der Waals surface area contributed by atoms with Gasteiger partial charge in [0.15, 0.2) is 0 Å². The zero-order chi connectivity index (χ0) is 7.56. The Kier molecular flexibility index (Phi) is 2.10. The van der Waals surface area contributed by atoms with Crippen LogP contribution in [-0.4, -0.2) is 4.98 Å². The predicted molar refractivity (Wildman–Crippen MR) is 39.0 cm³/mol. The minimum absolute atomic E-state index is 0.187. The Hall–Kier alpha value is -0.780. The quantitative estimate of drug-likeness (QED) is 0.564. The van der Waals surface area contributed by atoms with Crippen LogP contribution in [0.3, 0.4) is 0 Å². The molecule has 0 radical (unpaired) electrons. The molecule has 0 atom stereocenters. The first-order chi connectivity index (χ1) is 4.74. The summed E-state index contributed by atoms with van der Waals surface area (Å²) in [7, 11) is 0. The lowest BCUT2D eigenvalue weighted by Crippen LogP contribution is -1.80. The van der Waals surface area contributed by atoms with E-state index < -0.39 is 0 Å². The van der Waals surface area contributed by atoms with Crippen molar-refractivity contribution in [3.05, 3.63) is 28.0 Å². The molecule has 0 unspecified atom stereocenters. The van der Waals surface area contributed by atoms with E-state index in [1.807, 2.05) is 6.07 Å². The lowest BCUT2D eigenvalue weighted by molar-refractivity contribution is 1.30. The maximum atomic E-state index is 8.41. The van der Waals surface area contributed by atoms with Gasteiger partial charge in [-0.1, -0.05) is 23.2 Å². The second-order valence-corrected chi connectivity index (χ2v) is 2.40. The molecule has 0 saturated carbocycles. The second kappa shape index (κ2) is 2.87. The van der Waals surface area contributed by atoms with Crippen molar-refractivity contribution >= 4 is 23.2 Å². The maximum Gasteiger partial charge on any atom is 0.146 e. The molecule has 1 aromatic heterocycles. The number of rotatable bonds is 0. The number of halogens is 2. The van der Waals surface area contributed by atoms with Gasteiger partial charge in [-0.05, 0) is 6.07 Å². The van der Waals surface area contributed by atoms with Gasteiger partial charge >= 0.3 is 0 Å². The van der Waals surface area contributed by atoms with Crippen molar-refractivity contribution in [1.29, 1.82) is 5.26 Å². The van der Waals surface area contributed by atoms with Gasteiger partial charge in [0.05, 0.1) is 10.6 Å². The molecule has 10 heavy (non-hydrogen) atoms. The van der Waals surface area contributed by atoms with Crippen molar-refractivity contribution in [3.8, 4) is 6.07 Å². The second-order valence-electron chi connectivity index (χ2n) is 1.60. The van der Waals surface area contributed by atoms with E-state index in [2.05, 4.69) is 4.98 Å².